The van der Waals surface area contributed by atoms with Gasteiger partial charge in [-0.3, -0.25) is 0 Å². The first-order chi connectivity index (χ1) is 8.63. The summed E-state index contributed by atoms with van der Waals surface area (Å²) in [5, 5.41) is 10.6. The molecule has 0 amide bonds. The Bertz CT molecular complexity index is 391. The summed E-state index contributed by atoms with van der Waals surface area (Å²) in [4.78, 5) is 0. The van der Waals surface area contributed by atoms with E-state index in [9.17, 15) is 5.11 Å². The van der Waals surface area contributed by atoms with Crippen LogP contribution in [0.15, 0.2) is 18.2 Å². The summed E-state index contributed by atoms with van der Waals surface area (Å²) in [5.74, 6) is 0.461. The number of ether oxygens (including phenoxy) is 2. The van der Waals surface area contributed by atoms with Gasteiger partial charge in [0.2, 0.25) is 0 Å². The minimum atomic E-state index is -0.470. The normalized spacial score (nSPS) is 26.8. The van der Waals surface area contributed by atoms with Crippen LogP contribution in [0.5, 0.6) is 5.75 Å². The second-order valence-corrected chi connectivity index (χ2v) is 5.16. The molecule has 0 aliphatic heterocycles. The predicted octanol–water partition coefficient (Wildman–Crippen LogP) is 3.30. The first kappa shape index (κ1) is 13.9. The van der Waals surface area contributed by atoms with Crippen LogP contribution in [0, 0.1) is 0 Å². The second-order valence-electron chi connectivity index (χ2n) is 4.35. The van der Waals surface area contributed by atoms with Gasteiger partial charge in [0.05, 0.1) is 16.1 Å². The van der Waals surface area contributed by atoms with Crippen LogP contribution in [0.4, 0.5) is 0 Å². The molecule has 1 aromatic rings. The van der Waals surface area contributed by atoms with E-state index < -0.39 is 6.10 Å². The average molecular weight is 291 g/mol. The lowest BCUT2D eigenvalue weighted by atomic mass is 9.88. The molecule has 3 nitrogen and oxygen atoms in total. The van der Waals surface area contributed by atoms with E-state index >= 15 is 0 Å². The summed E-state index contributed by atoms with van der Waals surface area (Å²) in [6.45, 7) is 2.63. The molecule has 0 aromatic heterocycles. The van der Waals surface area contributed by atoms with Crippen molar-refractivity contribution in [1.29, 1.82) is 0 Å². The third kappa shape index (κ3) is 2.91. The number of rotatable bonds is 5. The van der Waals surface area contributed by atoms with E-state index in [4.69, 9.17) is 32.7 Å². The molecule has 1 N–H and O–H groups in total. The van der Waals surface area contributed by atoms with Gasteiger partial charge in [-0.15, -0.1) is 0 Å². The van der Waals surface area contributed by atoms with Gasteiger partial charge in [-0.2, -0.15) is 0 Å². The van der Waals surface area contributed by atoms with Crippen molar-refractivity contribution in [2.45, 2.75) is 38.1 Å². The van der Waals surface area contributed by atoms with Crippen LogP contribution in [0.25, 0.3) is 0 Å². The lowest BCUT2D eigenvalue weighted by Gasteiger charge is -2.41. The Morgan fingerprint density at radius 3 is 2.56 bits per heavy atom. The Kier molecular flexibility index (Phi) is 4.73. The van der Waals surface area contributed by atoms with Crippen LogP contribution in [-0.4, -0.2) is 30.0 Å². The Morgan fingerprint density at radius 1 is 1.33 bits per heavy atom. The van der Waals surface area contributed by atoms with Gasteiger partial charge < -0.3 is 14.6 Å². The highest BCUT2D eigenvalue weighted by Gasteiger charge is 2.43. The summed E-state index contributed by atoms with van der Waals surface area (Å²) in [5.41, 5.74) is 0. The van der Waals surface area contributed by atoms with E-state index in [1.165, 1.54) is 0 Å². The Hall–Kier alpha value is -0.480. The summed E-state index contributed by atoms with van der Waals surface area (Å²) in [6.07, 6.45) is 0.489. The monoisotopic (exact) mass is 290 g/mol. The Morgan fingerprint density at radius 2 is 2.00 bits per heavy atom. The van der Waals surface area contributed by atoms with Gasteiger partial charge in [0, 0.05) is 13.0 Å². The second kappa shape index (κ2) is 6.11. The van der Waals surface area contributed by atoms with Crippen LogP contribution in [0.1, 0.15) is 19.8 Å². The number of para-hydroxylation sites is 1. The molecule has 3 unspecified atom stereocenters. The van der Waals surface area contributed by atoms with Gasteiger partial charge >= 0.3 is 0 Å². The number of hydrogen-bond donors (Lipinski definition) is 1. The third-order valence-electron chi connectivity index (χ3n) is 2.92. The standard InChI is InChI=1S/C13H16Cl2O3/c1-2-6-17-13-10(16)7-11(13)18-12-8(14)4-3-5-9(12)15/h3-5,10-11,13,16H,2,6-7H2,1H3. The van der Waals surface area contributed by atoms with Crippen molar-refractivity contribution in [3.05, 3.63) is 28.2 Å². The van der Waals surface area contributed by atoms with Crippen LogP contribution in [-0.2, 0) is 4.74 Å². The minimum Gasteiger partial charge on any atom is -0.484 e. The first-order valence-corrected chi connectivity index (χ1v) is 6.79. The van der Waals surface area contributed by atoms with Gasteiger partial charge in [0.15, 0.2) is 5.75 Å². The van der Waals surface area contributed by atoms with E-state index in [0.29, 0.717) is 28.8 Å². The maximum absolute atomic E-state index is 9.65. The fourth-order valence-electron chi connectivity index (χ4n) is 1.89. The molecular formula is C13H16Cl2O3. The topological polar surface area (TPSA) is 38.7 Å². The minimum absolute atomic E-state index is 0.191. The van der Waals surface area contributed by atoms with Crippen LogP contribution in [0.2, 0.25) is 10.0 Å². The molecule has 0 spiro atoms. The highest BCUT2D eigenvalue weighted by molar-refractivity contribution is 6.37. The zero-order valence-corrected chi connectivity index (χ0v) is 11.6. The summed E-state index contributed by atoms with van der Waals surface area (Å²) in [7, 11) is 0. The highest BCUT2D eigenvalue weighted by Crippen LogP contribution is 2.37. The lowest BCUT2D eigenvalue weighted by molar-refractivity contribution is -0.162. The zero-order valence-electron chi connectivity index (χ0n) is 10.1. The van der Waals surface area contributed by atoms with Crippen molar-refractivity contribution < 1.29 is 14.6 Å². The molecule has 1 aliphatic rings. The van der Waals surface area contributed by atoms with Gasteiger partial charge in [-0.1, -0.05) is 36.2 Å². The maximum Gasteiger partial charge on any atom is 0.157 e. The van der Waals surface area contributed by atoms with E-state index in [-0.39, 0.29) is 12.2 Å². The molecule has 100 valence electrons. The van der Waals surface area contributed by atoms with E-state index in [1.54, 1.807) is 18.2 Å². The quantitative estimate of drug-likeness (QED) is 0.904. The number of aliphatic hydroxyl groups is 1. The van der Waals surface area contributed by atoms with Crippen molar-refractivity contribution in [3.8, 4) is 5.75 Å². The number of hydrogen-bond acceptors (Lipinski definition) is 3. The van der Waals surface area contributed by atoms with Gasteiger partial charge in [-0.25, -0.2) is 0 Å². The summed E-state index contributed by atoms with van der Waals surface area (Å²) < 4.78 is 11.3. The molecule has 0 saturated heterocycles. The highest BCUT2D eigenvalue weighted by atomic mass is 35.5. The van der Waals surface area contributed by atoms with Crippen molar-refractivity contribution in [1.82, 2.24) is 0 Å². The third-order valence-corrected chi connectivity index (χ3v) is 3.52. The predicted molar refractivity (Wildman–Crippen MR) is 71.5 cm³/mol. The smallest absolute Gasteiger partial charge is 0.157 e. The number of halogens is 2. The molecule has 0 radical (unpaired) electrons. The van der Waals surface area contributed by atoms with Gasteiger partial charge in [0.25, 0.3) is 0 Å². The number of aliphatic hydroxyl groups excluding tert-OH is 1. The van der Waals surface area contributed by atoms with Crippen molar-refractivity contribution in [3.63, 3.8) is 0 Å². The molecule has 1 fully saturated rings. The fraction of sp³-hybridized carbons (Fsp3) is 0.538. The summed E-state index contributed by atoms with van der Waals surface area (Å²) >= 11 is 12.1. The molecule has 1 saturated carbocycles. The molecule has 0 bridgehead atoms. The first-order valence-electron chi connectivity index (χ1n) is 6.03. The summed E-state index contributed by atoms with van der Waals surface area (Å²) in [6, 6.07) is 5.21. The molecule has 3 atom stereocenters. The molecule has 2 rings (SSSR count). The van der Waals surface area contributed by atoms with Crippen LogP contribution >= 0.6 is 23.2 Å². The van der Waals surface area contributed by atoms with E-state index in [0.717, 1.165) is 6.42 Å². The number of benzene rings is 1. The largest absolute Gasteiger partial charge is 0.484 e. The van der Waals surface area contributed by atoms with Gasteiger partial charge in [0.1, 0.15) is 12.2 Å². The maximum atomic E-state index is 9.65. The molecule has 18 heavy (non-hydrogen) atoms. The van der Waals surface area contributed by atoms with Crippen molar-refractivity contribution >= 4 is 23.2 Å². The molecule has 1 aromatic carbocycles. The van der Waals surface area contributed by atoms with Crippen LogP contribution in [0.3, 0.4) is 0 Å². The average Bonchev–Trinajstić information content (AvgIpc) is 2.33. The zero-order chi connectivity index (χ0) is 13.1. The van der Waals surface area contributed by atoms with Crippen molar-refractivity contribution in [2.75, 3.05) is 6.61 Å². The van der Waals surface area contributed by atoms with E-state index in [2.05, 4.69) is 0 Å². The van der Waals surface area contributed by atoms with E-state index in [1.807, 2.05) is 6.92 Å². The molecule has 5 heteroatoms. The molecule has 1 aliphatic carbocycles. The Balaban J connectivity index is 2.01. The van der Waals surface area contributed by atoms with Crippen LogP contribution < -0.4 is 4.74 Å². The lowest BCUT2D eigenvalue weighted by Crippen LogP contribution is -2.55. The van der Waals surface area contributed by atoms with Crippen molar-refractivity contribution in [2.24, 2.45) is 0 Å². The SMILES string of the molecule is CCCOC1C(O)CC1Oc1c(Cl)cccc1Cl. The molecular weight excluding hydrogens is 275 g/mol. The van der Waals surface area contributed by atoms with Gasteiger partial charge in [-0.05, 0) is 18.6 Å². The fourth-order valence-corrected chi connectivity index (χ4v) is 2.38. The molecule has 0 heterocycles. The Labute approximate surface area is 117 Å².